The third kappa shape index (κ3) is 1.85. The highest BCUT2D eigenvalue weighted by Gasteiger charge is 2.17. The Morgan fingerprint density at radius 1 is 1.10 bits per heavy atom. The molecule has 0 spiro atoms. The Kier molecular flexibility index (Phi) is 2.93. The fraction of sp³-hybridized carbons (Fsp3) is 0. The molecule has 20 heavy (non-hydrogen) atoms. The lowest BCUT2D eigenvalue weighted by Gasteiger charge is -2.08. The predicted octanol–water partition coefficient (Wildman–Crippen LogP) is 3.79. The largest absolute Gasteiger partial charge is 0.369 e. The summed E-state index contributed by atoms with van der Waals surface area (Å²) in [6.07, 6.45) is 0. The van der Waals surface area contributed by atoms with Gasteiger partial charge in [0.15, 0.2) is 11.6 Å². The van der Waals surface area contributed by atoms with Crippen LogP contribution in [0.15, 0.2) is 34.8 Å². The summed E-state index contributed by atoms with van der Waals surface area (Å²) in [4.78, 5) is 3.95. The number of hydrogen-bond acceptors (Lipinski definition) is 2. The molecule has 0 aliphatic heterocycles. The highest BCUT2D eigenvalue weighted by atomic mass is 79.9. The lowest BCUT2D eigenvalue weighted by atomic mass is 10.2. The molecule has 1 heterocycles. The van der Waals surface area contributed by atoms with E-state index in [1.54, 1.807) is 0 Å². The normalized spacial score (nSPS) is 11.2. The molecule has 3 nitrogen and oxygen atoms in total. The summed E-state index contributed by atoms with van der Waals surface area (Å²) in [6, 6.07) is 6.32. The first kappa shape index (κ1) is 13.0. The lowest BCUT2D eigenvalue weighted by Crippen LogP contribution is -2.04. The van der Waals surface area contributed by atoms with E-state index in [0.717, 1.165) is 6.07 Å². The van der Waals surface area contributed by atoms with Gasteiger partial charge in [0.2, 0.25) is 5.95 Å². The molecule has 3 aromatic rings. The third-order valence-electron chi connectivity index (χ3n) is 2.89. The monoisotopic (exact) mass is 341 g/mol. The van der Waals surface area contributed by atoms with Gasteiger partial charge in [-0.2, -0.15) is 0 Å². The number of aromatic nitrogens is 2. The van der Waals surface area contributed by atoms with E-state index in [4.69, 9.17) is 5.73 Å². The Hall–Kier alpha value is -2.02. The summed E-state index contributed by atoms with van der Waals surface area (Å²) in [7, 11) is 0. The van der Waals surface area contributed by atoms with Gasteiger partial charge in [-0.3, -0.25) is 4.57 Å². The van der Waals surface area contributed by atoms with Crippen LogP contribution in [-0.2, 0) is 0 Å². The number of nitrogen functional groups attached to an aromatic ring is 1. The molecule has 2 N–H and O–H groups in total. The number of fused-ring (bicyclic) bond motifs is 1. The molecule has 0 saturated heterocycles. The van der Waals surface area contributed by atoms with Crippen LogP contribution in [0.3, 0.4) is 0 Å². The van der Waals surface area contributed by atoms with Crippen molar-refractivity contribution in [3.05, 3.63) is 52.3 Å². The van der Waals surface area contributed by atoms with E-state index in [1.807, 2.05) is 0 Å². The van der Waals surface area contributed by atoms with Crippen LogP contribution >= 0.6 is 15.9 Å². The van der Waals surface area contributed by atoms with Gasteiger partial charge in [0.25, 0.3) is 0 Å². The number of benzene rings is 2. The maximum atomic E-state index is 13.9. The molecule has 102 valence electrons. The summed E-state index contributed by atoms with van der Waals surface area (Å²) in [5, 5.41) is 0. The van der Waals surface area contributed by atoms with Crippen molar-refractivity contribution >= 4 is 32.9 Å². The summed E-state index contributed by atoms with van der Waals surface area (Å²) in [6.45, 7) is 0. The Labute approximate surface area is 120 Å². The van der Waals surface area contributed by atoms with E-state index in [9.17, 15) is 13.2 Å². The number of rotatable bonds is 1. The van der Waals surface area contributed by atoms with Crippen LogP contribution in [0.25, 0.3) is 16.7 Å². The van der Waals surface area contributed by atoms with E-state index in [2.05, 4.69) is 20.9 Å². The van der Waals surface area contributed by atoms with Crippen LogP contribution in [-0.4, -0.2) is 9.55 Å². The first-order chi connectivity index (χ1) is 9.49. The molecule has 2 aromatic carbocycles. The van der Waals surface area contributed by atoms with Crippen molar-refractivity contribution in [2.75, 3.05) is 5.73 Å². The number of halogens is 4. The van der Waals surface area contributed by atoms with Gasteiger partial charge in [-0.15, -0.1) is 0 Å². The molecule has 0 unspecified atom stereocenters. The quantitative estimate of drug-likeness (QED) is 0.731. The van der Waals surface area contributed by atoms with E-state index >= 15 is 0 Å². The molecule has 0 fully saturated rings. The van der Waals surface area contributed by atoms with Crippen molar-refractivity contribution in [1.82, 2.24) is 9.55 Å². The Bertz CT molecular complexity index is 829. The van der Waals surface area contributed by atoms with Crippen LogP contribution in [0.4, 0.5) is 19.1 Å². The molecule has 0 radical (unpaired) electrons. The molecule has 0 aliphatic rings. The van der Waals surface area contributed by atoms with E-state index < -0.39 is 17.5 Å². The van der Waals surface area contributed by atoms with E-state index in [0.29, 0.717) is 5.52 Å². The third-order valence-corrected chi connectivity index (χ3v) is 3.50. The minimum atomic E-state index is -1.04. The van der Waals surface area contributed by atoms with Crippen LogP contribution in [0, 0.1) is 17.5 Å². The Morgan fingerprint density at radius 2 is 1.85 bits per heavy atom. The van der Waals surface area contributed by atoms with Crippen molar-refractivity contribution in [3.8, 4) is 5.69 Å². The van der Waals surface area contributed by atoms with Gasteiger partial charge in [-0.05, 0) is 34.1 Å². The topological polar surface area (TPSA) is 43.8 Å². The summed E-state index contributed by atoms with van der Waals surface area (Å²) in [5.41, 5.74) is 6.28. The molecule has 1 aromatic heterocycles. The standard InChI is InChI=1S/C13H7BrF3N3/c14-6-4-11-9(5-8(6)16)19-13(18)20(11)10-3-1-2-7(15)12(10)17/h1-5H,(H2,18,19). The van der Waals surface area contributed by atoms with Crippen molar-refractivity contribution in [1.29, 1.82) is 0 Å². The predicted molar refractivity (Wildman–Crippen MR) is 73.1 cm³/mol. The Balaban J connectivity index is 2.39. The molecular formula is C13H7BrF3N3. The average molecular weight is 342 g/mol. The number of hydrogen-bond donors (Lipinski definition) is 1. The summed E-state index contributed by atoms with van der Waals surface area (Å²) >= 11 is 3.04. The van der Waals surface area contributed by atoms with Gasteiger partial charge in [0.1, 0.15) is 5.82 Å². The second-order valence-corrected chi connectivity index (χ2v) is 4.99. The zero-order valence-corrected chi connectivity index (χ0v) is 11.5. The molecule has 0 aliphatic carbocycles. The molecule has 0 amide bonds. The molecule has 7 heteroatoms. The summed E-state index contributed by atoms with van der Waals surface area (Å²) in [5.74, 6) is -2.60. The average Bonchev–Trinajstić information content (AvgIpc) is 2.69. The second kappa shape index (κ2) is 4.52. The van der Waals surface area contributed by atoms with Gasteiger partial charge < -0.3 is 5.73 Å². The Morgan fingerprint density at radius 3 is 2.60 bits per heavy atom. The first-order valence-electron chi connectivity index (χ1n) is 5.56. The van der Waals surface area contributed by atoms with Crippen LogP contribution in [0.1, 0.15) is 0 Å². The highest BCUT2D eigenvalue weighted by Crippen LogP contribution is 2.29. The van der Waals surface area contributed by atoms with Gasteiger partial charge in [-0.1, -0.05) is 6.07 Å². The lowest BCUT2D eigenvalue weighted by molar-refractivity contribution is 0.505. The van der Waals surface area contributed by atoms with Crippen LogP contribution in [0.5, 0.6) is 0 Å². The van der Waals surface area contributed by atoms with Gasteiger partial charge in [0, 0.05) is 6.07 Å². The van der Waals surface area contributed by atoms with E-state index in [1.165, 1.54) is 28.8 Å². The number of nitrogens with two attached hydrogens (primary N) is 1. The van der Waals surface area contributed by atoms with Gasteiger partial charge in [0.05, 0.1) is 21.2 Å². The first-order valence-corrected chi connectivity index (χ1v) is 6.35. The molecule has 0 saturated carbocycles. The van der Waals surface area contributed by atoms with Gasteiger partial charge >= 0.3 is 0 Å². The molecule has 0 atom stereocenters. The molecule has 0 bridgehead atoms. The van der Waals surface area contributed by atoms with E-state index in [-0.39, 0.29) is 21.6 Å². The minimum absolute atomic E-state index is 0.0537. The summed E-state index contributed by atoms with van der Waals surface area (Å²) < 4.78 is 42.1. The van der Waals surface area contributed by atoms with Crippen molar-refractivity contribution < 1.29 is 13.2 Å². The number of imidazole rings is 1. The van der Waals surface area contributed by atoms with Gasteiger partial charge in [-0.25, -0.2) is 18.2 Å². The zero-order valence-electron chi connectivity index (χ0n) is 9.87. The maximum Gasteiger partial charge on any atom is 0.206 e. The zero-order chi connectivity index (χ0) is 14.4. The van der Waals surface area contributed by atoms with Crippen LogP contribution in [0.2, 0.25) is 0 Å². The minimum Gasteiger partial charge on any atom is -0.369 e. The smallest absolute Gasteiger partial charge is 0.206 e. The fourth-order valence-electron chi connectivity index (χ4n) is 2.01. The highest BCUT2D eigenvalue weighted by molar-refractivity contribution is 9.10. The number of nitrogens with zero attached hydrogens (tertiary/aromatic N) is 2. The molecular weight excluding hydrogens is 335 g/mol. The molecule has 3 rings (SSSR count). The van der Waals surface area contributed by atoms with Crippen molar-refractivity contribution in [2.24, 2.45) is 0 Å². The maximum absolute atomic E-state index is 13.9. The fourth-order valence-corrected chi connectivity index (χ4v) is 2.34. The number of anilines is 1. The van der Waals surface area contributed by atoms with Crippen LogP contribution < -0.4 is 5.73 Å². The second-order valence-electron chi connectivity index (χ2n) is 4.13. The van der Waals surface area contributed by atoms with Crippen molar-refractivity contribution in [3.63, 3.8) is 0 Å². The van der Waals surface area contributed by atoms with Crippen molar-refractivity contribution in [2.45, 2.75) is 0 Å². The SMILES string of the molecule is Nc1nc2cc(F)c(Br)cc2n1-c1cccc(F)c1F.